The van der Waals surface area contributed by atoms with Gasteiger partial charge in [-0.15, -0.1) is 10.2 Å². The molecule has 1 saturated heterocycles. The molecule has 1 fully saturated rings. The fourth-order valence-corrected chi connectivity index (χ4v) is 4.61. The van der Waals surface area contributed by atoms with E-state index >= 15 is 0 Å². The van der Waals surface area contributed by atoms with Crippen molar-refractivity contribution in [3.63, 3.8) is 0 Å². The van der Waals surface area contributed by atoms with E-state index in [0.29, 0.717) is 37.1 Å². The second-order valence-electron chi connectivity index (χ2n) is 7.70. The Labute approximate surface area is 190 Å². The van der Waals surface area contributed by atoms with Crippen LogP contribution in [-0.4, -0.2) is 62.4 Å². The van der Waals surface area contributed by atoms with E-state index in [1.54, 1.807) is 18.5 Å². The zero-order valence-corrected chi connectivity index (χ0v) is 18.8. The number of hydrogen-bond acceptors (Lipinski definition) is 7. The molecule has 0 N–H and O–H groups in total. The quantitative estimate of drug-likeness (QED) is 0.322. The van der Waals surface area contributed by atoms with Gasteiger partial charge in [0.2, 0.25) is 5.91 Å². The van der Waals surface area contributed by atoms with E-state index in [-0.39, 0.29) is 11.6 Å². The minimum atomic E-state index is -0.404. The molecular formula is C22H24N6O3S. The van der Waals surface area contributed by atoms with Gasteiger partial charge in [0.1, 0.15) is 6.33 Å². The highest BCUT2D eigenvalue weighted by molar-refractivity contribution is 7.99. The van der Waals surface area contributed by atoms with Crippen LogP contribution >= 0.6 is 11.8 Å². The third kappa shape index (κ3) is 4.75. The maximum atomic E-state index is 12.8. The van der Waals surface area contributed by atoms with Crippen molar-refractivity contribution in [3.8, 4) is 5.69 Å². The van der Waals surface area contributed by atoms with E-state index in [4.69, 9.17) is 0 Å². The molecule has 0 aliphatic carbocycles. The fraction of sp³-hybridized carbons (Fsp3) is 0.318. The van der Waals surface area contributed by atoms with Crippen LogP contribution in [0.15, 0.2) is 53.9 Å². The maximum absolute atomic E-state index is 12.8. The van der Waals surface area contributed by atoms with Gasteiger partial charge in [-0.1, -0.05) is 29.5 Å². The number of nitro groups is 1. The molecule has 0 saturated carbocycles. The lowest BCUT2D eigenvalue weighted by Gasteiger charge is -2.36. The highest BCUT2D eigenvalue weighted by Gasteiger charge is 2.22. The van der Waals surface area contributed by atoms with Gasteiger partial charge in [-0.05, 0) is 37.6 Å². The molecule has 4 rings (SSSR count). The van der Waals surface area contributed by atoms with Crippen molar-refractivity contribution in [1.29, 1.82) is 0 Å². The van der Waals surface area contributed by atoms with E-state index in [0.717, 1.165) is 16.9 Å². The van der Waals surface area contributed by atoms with Crippen molar-refractivity contribution in [3.05, 3.63) is 70.0 Å². The van der Waals surface area contributed by atoms with Gasteiger partial charge >= 0.3 is 0 Å². The van der Waals surface area contributed by atoms with Crippen molar-refractivity contribution in [2.45, 2.75) is 19.0 Å². The zero-order chi connectivity index (χ0) is 22.7. The van der Waals surface area contributed by atoms with Crippen LogP contribution in [0.25, 0.3) is 5.69 Å². The first-order valence-electron chi connectivity index (χ1n) is 10.3. The third-order valence-corrected chi connectivity index (χ3v) is 6.44. The monoisotopic (exact) mass is 452 g/mol. The SMILES string of the molecule is Cc1ccc(-n2cnnc2SCC(=O)N2CCN(c3ccc([N+](=O)[O-])cc3)CC2)c(C)c1. The number of carbonyl (C=O) groups is 1. The molecule has 1 amide bonds. The van der Waals surface area contributed by atoms with E-state index in [9.17, 15) is 14.9 Å². The summed E-state index contributed by atoms with van der Waals surface area (Å²) in [5.74, 6) is 0.356. The van der Waals surface area contributed by atoms with Crippen LogP contribution in [0.2, 0.25) is 0 Å². The zero-order valence-electron chi connectivity index (χ0n) is 18.0. The van der Waals surface area contributed by atoms with Gasteiger partial charge in [-0.25, -0.2) is 0 Å². The summed E-state index contributed by atoms with van der Waals surface area (Å²) in [6.45, 7) is 6.70. The highest BCUT2D eigenvalue weighted by Crippen LogP contribution is 2.24. The summed E-state index contributed by atoms with van der Waals surface area (Å²) in [4.78, 5) is 27.2. The van der Waals surface area contributed by atoms with Gasteiger partial charge in [0.25, 0.3) is 5.69 Å². The number of rotatable bonds is 6. The fourth-order valence-electron chi connectivity index (χ4n) is 3.78. The maximum Gasteiger partial charge on any atom is 0.269 e. The molecule has 2 heterocycles. The molecule has 1 aliphatic heterocycles. The topological polar surface area (TPSA) is 97.4 Å². The number of anilines is 1. The molecular weight excluding hydrogens is 428 g/mol. The van der Waals surface area contributed by atoms with Gasteiger partial charge in [-0.2, -0.15) is 0 Å². The highest BCUT2D eigenvalue weighted by atomic mass is 32.2. The van der Waals surface area contributed by atoms with Crippen LogP contribution in [0.3, 0.4) is 0 Å². The molecule has 166 valence electrons. The van der Waals surface area contributed by atoms with E-state index in [2.05, 4.69) is 28.1 Å². The first-order chi connectivity index (χ1) is 15.4. The smallest absolute Gasteiger partial charge is 0.269 e. The van der Waals surface area contributed by atoms with Crippen molar-refractivity contribution in [1.82, 2.24) is 19.7 Å². The standard InChI is InChI=1S/C22H24N6O3S/c1-16-3-8-20(17(2)13-16)27-15-23-24-22(27)32-14-21(29)26-11-9-25(10-12-26)18-4-6-19(7-5-18)28(30)31/h3-8,13,15H,9-12,14H2,1-2H3. The average molecular weight is 453 g/mol. The Kier molecular flexibility index (Phi) is 6.40. The van der Waals surface area contributed by atoms with Gasteiger partial charge in [0, 0.05) is 44.0 Å². The Balaban J connectivity index is 1.32. The van der Waals surface area contributed by atoms with Gasteiger partial charge in [0.15, 0.2) is 5.16 Å². The lowest BCUT2D eigenvalue weighted by Crippen LogP contribution is -2.49. The normalized spacial score (nSPS) is 13.9. The molecule has 0 bridgehead atoms. The van der Waals surface area contributed by atoms with E-state index in [1.807, 2.05) is 28.5 Å². The number of carbonyl (C=O) groups excluding carboxylic acids is 1. The van der Waals surface area contributed by atoms with Crippen LogP contribution < -0.4 is 4.90 Å². The third-order valence-electron chi connectivity index (χ3n) is 5.51. The average Bonchev–Trinajstić information content (AvgIpc) is 3.26. The Morgan fingerprint density at radius 2 is 1.81 bits per heavy atom. The molecule has 3 aromatic rings. The lowest BCUT2D eigenvalue weighted by atomic mass is 10.1. The largest absolute Gasteiger partial charge is 0.368 e. The van der Waals surface area contributed by atoms with Crippen LogP contribution in [0.4, 0.5) is 11.4 Å². The number of benzene rings is 2. The van der Waals surface area contributed by atoms with Crippen molar-refractivity contribution in [2.24, 2.45) is 0 Å². The minimum Gasteiger partial charge on any atom is -0.368 e. The number of non-ortho nitro benzene ring substituents is 1. The van der Waals surface area contributed by atoms with Crippen molar-refractivity contribution >= 4 is 29.0 Å². The van der Waals surface area contributed by atoms with Crippen LogP contribution in [0, 0.1) is 24.0 Å². The van der Waals surface area contributed by atoms with E-state index in [1.165, 1.54) is 29.5 Å². The van der Waals surface area contributed by atoms with Crippen LogP contribution in [-0.2, 0) is 4.79 Å². The van der Waals surface area contributed by atoms with Crippen molar-refractivity contribution < 1.29 is 9.72 Å². The number of thioether (sulfide) groups is 1. The molecule has 0 unspecified atom stereocenters. The Bertz CT molecular complexity index is 1120. The predicted molar refractivity (Wildman–Crippen MR) is 123 cm³/mol. The summed E-state index contributed by atoms with van der Waals surface area (Å²) in [5.41, 5.74) is 4.33. The molecule has 9 nitrogen and oxygen atoms in total. The van der Waals surface area contributed by atoms with Gasteiger partial charge in [0.05, 0.1) is 16.4 Å². The molecule has 0 spiro atoms. The summed E-state index contributed by atoms with van der Waals surface area (Å²) < 4.78 is 1.92. The summed E-state index contributed by atoms with van der Waals surface area (Å²) >= 11 is 1.39. The second kappa shape index (κ2) is 9.39. The molecule has 1 aromatic heterocycles. The number of piperazine rings is 1. The molecule has 0 atom stereocenters. The number of nitro benzene ring substituents is 1. The minimum absolute atomic E-state index is 0.0635. The Morgan fingerprint density at radius 1 is 1.09 bits per heavy atom. The Hall–Kier alpha value is -3.40. The predicted octanol–water partition coefficient (Wildman–Crippen LogP) is 3.23. The summed E-state index contributed by atoms with van der Waals surface area (Å²) in [5, 5.41) is 19.7. The summed E-state index contributed by atoms with van der Waals surface area (Å²) in [6.07, 6.45) is 1.67. The van der Waals surface area contributed by atoms with Gasteiger partial charge in [-0.3, -0.25) is 19.5 Å². The molecule has 32 heavy (non-hydrogen) atoms. The summed E-state index contributed by atoms with van der Waals surface area (Å²) in [7, 11) is 0. The number of amides is 1. The lowest BCUT2D eigenvalue weighted by molar-refractivity contribution is -0.384. The number of aromatic nitrogens is 3. The summed E-state index contributed by atoms with van der Waals surface area (Å²) in [6, 6.07) is 12.7. The molecule has 2 aromatic carbocycles. The molecule has 10 heteroatoms. The number of nitrogens with zero attached hydrogens (tertiary/aromatic N) is 6. The number of hydrogen-bond donors (Lipinski definition) is 0. The second-order valence-corrected chi connectivity index (χ2v) is 8.65. The molecule has 0 radical (unpaired) electrons. The van der Waals surface area contributed by atoms with Crippen LogP contribution in [0.5, 0.6) is 0 Å². The van der Waals surface area contributed by atoms with Crippen molar-refractivity contribution in [2.75, 3.05) is 36.8 Å². The van der Waals surface area contributed by atoms with E-state index < -0.39 is 4.92 Å². The first-order valence-corrected chi connectivity index (χ1v) is 11.3. The van der Waals surface area contributed by atoms with Gasteiger partial charge < -0.3 is 9.80 Å². The first kappa shape index (κ1) is 21.8. The molecule has 1 aliphatic rings. The number of aryl methyl sites for hydroxylation is 2. The van der Waals surface area contributed by atoms with Crippen LogP contribution in [0.1, 0.15) is 11.1 Å². The Morgan fingerprint density at radius 3 is 2.47 bits per heavy atom.